The van der Waals surface area contributed by atoms with Gasteiger partial charge in [-0.25, -0.2) is 5.01 Å². The first-order valence-electron chi connectivity index (χ1n) is 8.87. The van der Waals surface area contributed by atoms with Crippen molar-refractivity contribution in [3.05, 3.63) is 84.2 Å². The van der Waals surface area contributed by atoms with E-state index in [1.165, 1.54) is 0 Å². The minimum Gasteiger partial charge on any atom is -0.493 e. The van der Waals surface area contributed by atoms with Gasteiger partial charge in [0.25, 0.3) is 0 Å². The number of aromatic nitrogens is 1. The van der Waals surface area contributed by atoms with Crippen molar-refractivity contribution < 1.29 is 4.74 Å². The van der Waals surface area contributed by atoms with Gasteiger partial charge < -0.3 is 4.74 Å². The molecule has 5 nitrogen and oxygen atoms in total. The second-order valence-electron chi connectivity index (χ2n) is 5.97. The van der Waals surface area contributed by atoms with Crippen molar-refractivity contribution >= 4 is 23.0 Å². The Labute approximate surface area is 169 Å². The molecule has 0 saturated carbocycles. The average Bonchev–Trinajstić information content (AvgIpc) is 2.73. The lowest BCUT2D eigenvalue weighted by Crippen LogP contribution is -2.08. The van der Waals surface area contributed by atoms with Gasteiger partial charge >= 0.3 is 0 Å². The molecule has 0 unspecified atom stereocenters. The molecule has 6 heteroatoms. The summed E-state index contributed by atoms with van der Waals surface area (Å²) >= 11 is 6.36. The summed E-state index contributed by atoms with van der Waals surface area (Å²) < 4.78 is 5.85. The lowest BCUT2D eigenvalue weighted by Gasteiger charge is -2.17. The molecule has 0 bridgehead atoms. The number of anilines is 1. The quantitative estimate of drug-likeness (QED) is 0.351. The Hall–Kier alpha value is -3.18. The fourth-order valence-electron chi connectivity index (χ4n) is 2.65. The van der Waals surface area contributed by atoms with Crippen molar-refractivity contribution in [3.63, 3.8) is 0 Å². The molecule has 0 spiro atoms. The predicted octanol–water partition coefficient (Wildman–Crippen LogP) is 6.28. The molecule has 0 N–H and O–H groups in total. The highest BCUT2D eigenvalue weighted by atomic mass is 35.5. The van der Waals surface area contributed by atoms with Gasteiger partial charge in [-0.2, -0.15) is 0 Å². The van der Waals surface area contributed by atoms with Crippen molar-refractivity contribution in [2.45, 2.75) is 6.92 Å². The fourth-order valence-corrected chi connectivity index (χ4v) is 2.88. The van der Waals surface area contributed by atoms with E-state index in [1.807, 2.05) is 74.6 Å². The van der Waals surface area contributed by atoms with Crippen LogP contribution >= 0.6 is 11.6 Å². The van der Waals surface area contributed by atoms with Gasteiger partial charge in [0, 0.05) is 35.5 Å². The number of nitrogens with zero attached hydrogens (tertiary/aromatic N) is 4. The first-order valence-corrected chi connectivity index (χ1v) is 9.25. The third kappa shape index (κ3) is 4.56. The predicted molar refractivity (Wildman–Crippen MR) is 115 cm³/mol. The standard InChI is InChI=1S/C22H21ClN4O/c1-4-28-22-15-17(12-13-19(22)18-9-5-6-10-20(18)23)27(3)26-25-16(2)21-11-7-8-14-24-21/h5-15H,2,4H2,1,3H3. The molecular formula is C22H21ClN4O. The Bertz CT molecular complexity index is 989. The second-order valence-corrected chi connectivity index (χ2v) is 6.38. The molecule has 3 aromatic rings. The van der Waals surface area contributed by atoms with E-state index in [-0.39, 0.29) is 0 Å². The maximum atomic E-state index is 6.36. The van der Waals surface area contributed by atoms with Crippen LogP contribution in [0.5, 0.6) is 5.75 Å². The van der Waals surface area contributed by atoms with E-state index in [9.17, 15) is 0 Å². The summed E-state index contributed by atoms with van der Waals surface area (Å²) in [5.74, 6) is 0.735. The van der Waals surface area contributed by atoms with Crippen molar-refractivity contribution in [1.82, 2.24) is 4.98 Å². The van der Waals surface area contributed by atoms with Gasteiger partial charge in [0.15, 0.2) is 0 Å². The van der Waals surface area contributed by atoms with Crippen LogP contribution in [-0.4, -0.2) is 18.6 Å². The van der Waals surface area contributed by atoms with E-state index >= 15 is 0 Å². The molecule has 1 aromatic heterocycles. The second kappa shape index (κ2) is 9.15. The van der Waals surface area contributed by atoms with E-state index in [0.29, 0.717) is 23.0 Å². The topological polar surface area (TPSA) is 50.1 Å². The molecule has 0 atom stereocenters. The summed E-state index contributed by atoms with van der Waals surface area (Å²) in [6.45, 7) is 6.40. The van der Waals surface area contributed by atoms with Crippen LogP contribution in [0.4, 0.5) is 5.69 Å². The van der Waals surface area contributed by atoms with Gasteiger partial charge in [-0.05, 0) is 37.3 Å². The van der Waals surface area contributed by atoms with Crippen molar-refractivity contribution in [2.24, 2.45) is 10.3 Å². The monoisotopic (exact) mass is 392 g/mol. The number of ether oxygens (including phenoxy) is 1. The number of rotatable bonds is 7. The van der Waals surface area contributed by atoms with Gasteiger partial charge in [0.1, 0.15) is 11.4 Å². The zero-order valence-electron chi connectivity index (χ0n) is 15.8. The van der Waals surface area contributed by atoms with Crippen LogP contribution in [0.1, 0.15) is 12.6 Å². The third-order valence-electron chi connectivity index (χ3n) is 4.06. The zero-order valence-corrected chi connectivity index (χ0v) is 16.6. The highest BCUT2D eigenvalue weighted by molar-refractivity contribution is 6.33. The van der Waals surface area contributed by atoms with E-state index in [4.69, 9.17) is 16.3 Å². The zero-order chi connectivity index (χ0) is 19.9. The molecule has 2 aromatic carbocycles. The van der Waals surface area contributed by atoms with Crippen molar-refractivity contribution in [3.8, 4) is 16.9 Å². The molecular weight excluding hydrogens is 372 g/mol. The maximum absolute atomic E-state index is 6.36. The van der Waals surface area contributed by atoms with E-state index in [1.54, 1.807) is 11.2 Å². The molecule has 0 aliphatic carbocycles. The van der Waals surface area contributed by atoms with Gasteiger partial charge in [-0.3, -0.25) is 4.98 Å². The maximum Gasteiger partial charge on any atom is 0.129 e. The summed E-state index contributed by atoms with van der Waals surface area (Å²) in [5, 5.41) is 10.7. The molecule has 0 aliphatic heterocycles. The highest BCUT2D eigenvalue weighted by Gasteiger charge is 2.12. The Balaban J connectivity index is 1.86. The molecule has 0 saturated heterocycles. The molecule has 0 amide bonds. The van der Waals surface area contributed by atoms with Crippen LogP contribution in [0.25, 0.3) is 16.8 Å². The third-order valence-corrected chi connectivity index (χ3v) is 4.39. The molecule has 142 valence electrons. The van der Waals surface area contributed by atoms with Crippen LogP contribution in [0.15, 0.2) is 83.8 Å². The van der Waals surface area contributed by atoms with Crippen LogP contribution < -0.4 is 9.75 Å². The molecule has 0 fully saturated rings. The Morgan fingerprint density at radius 3 is 2.61 bits per heavy atom. The SMILES string of the molecule is C=C(N=NN(C)c1ccc(-c2ccccc2Cl)c(OCC)c1)c1ccccn1. The average molecular weight is 393 g/mol. The van der Waals surface area contributed by atoms with Gasteiger partial charge in [0.2, 0.25) is 0 Å². The van der Waals surface area contributed by atoms with Crippen LogP contribution in [0, 0.1) is 0 Å². The minimum absolute atomic E-state index is 0.491. The Morgan fingerprint density at radius 2 is 1.89 bits per heavy atom. The van der Waals surface area contributed by atoms with Crippen LogP contribution in [-0.2, 0) is 0 Å². The lowest BCUT2D eigenvalue weighted by atomic mass is 10.0. The number of hydrogen-bond donors (Lipinski definition) is 0. The molecule has 1 heterocycles. The Kier molecular flexibility index (Phi) is 6.40. The summed E-state index contributed by atoms with van der Waals surface area (Å²) in [7, 11) is 1.81. The van der Waals surface area contributed by atoms with Crippen molar-refractivity contribution in [1.29, 1.82) is 0 Å². The summed E-state index contributed by atoms with van der Waals surface area (Å²) in [6, 6.07) is 19.1. The molecule has 3 rings (SSSR count). The molecule has 0 radical (unpaired) electrons. The number of pyridine rings is 1. The number of halogens is 1. The molecule has 0 aliphatic rings. The highest BCUT2D eigenvalue weighted by Crippen LogP contribution is 2.37. The lowest BCUT2D eigenvalue weighted by molar-refractivity contribution is 0.341. The molecule has 28 heavy (non-hydrogen) atoms. The van der Waals surface area contributed by atoms with E-state index < -0.39 is 0 Å². The van der Waals surface area contributed by atoms with Gasteiger partial charge in [0.05, 0.1) is 18.0 Å². The summed E-state index contributed by atoms with van der Waals surface area (Å²) in [4.78, 5) is 4.22. The summed E-state index contributed by atoms with van der Waals surface area (Å²) in [5.41, 5.74) is 3.86. The Morgan fingerprint density at radius 1 is 1.11 bits per heavy atom. The number of benzene rings is 2. The number of hydrogen-bond acceptors (Lipinski definition) is 4. The van der Waals surface area contributed by atoms with Crippen LogP contribution in [0.2, 0.25) is 5.02 Å². The smallest absolute Gasteiger partial charge is 0.129 e. The van der Waals surface area contributed by atoms with Gasteiger partial charge in [-0.15, -0.1) is 5.11 Å². The van der Waals surface area contributed by atoms with E-state index in [2.05, 4.69) is 21.9 Å². The van der Waals surface area contributed by atoms with Crippen molar-refractivity contribution in [2.75, 3.05) is 18.7 Å². The minimum atomic E-state index is 0.491. The first-order chi connectivity index (χ1) is 13.6. The van der Waals surface area contributed by atoms with Gasteiger partial charge in [-0.1, -0.05) is 47.7 Å². The normalized spacial score (nSPS) is 10.8. The summed E-state index contributed by atoms with van der Waals surface area (Å²) in [6.07, 6.45) is 1.70. The van der Waals surface area contributed by atoms with Crippen LogP contribution in [0.3, 0.4) is 0 Å². The largest absolute Gasteiger partial charge is 0.493 e. The fraction of sp³-hybridized carbons (Fsp3) is 0.136. The van der Waals surface area contributed by atoms with E-state index in [0.717, 1.165) is 22.6 Å². The first kappa shape index (κ1) is 19.6.